The maximum Gasteiger partial charge on any atom is 0.338 e. The van der Waals surface area contributed by atoms with Crippen LogP contribution in [0.2, 0.25) is 0 Å². The number of carbonyl (C=O) groups excluding carboxylic acids is 2. The Labute approximate surface area is 163 Å². The van der Waals surface area contributed by atoms with Gasteiger partial charge >= 0.3 is 5.97 Å². The first-order chi connectivity index (χ1) is 13.4. The predicted molar refractivity (Wildman–Crippen MR) is 99.0 cm³/mol. The Kier molecular flexibility index (Phi) is 6.30. The van der Waals surface area contributed by atoms with Gasteiger partial charge in [0.2, 0.25) is 0 Å². The SMILES string of the molecule is Cc1noc(C)c1COc1ccc(C(=O)OCC(=O)N2CCOC(C)C2)cc1. The number of carbonyl (C=O) groups is 2. The van der Waals surface area contributed by atoms with E-state index in [2.05, 4.69) is 5.16 Å². The minimum Gasteiger partial charge on any atom is -0.489 e. The van der Waals surface area contributed by atoms with E-state index in [9.17, 15) is 9.59 Å². The van der Waals surface area contributed by atoms with Crippen LogP contribution in [0.4, 0.5) is 0 Å². The molecule has 0 N–H and O–H groups in total. The second kappa shape index (κ2) is 8.88. The average Bonchev–Trinajstić information content (AvgIpc) is 3.02. The molecule has 1 saturated heterocycles. The molecule has 2 heterocycles. The van der Waals surface area contributed by atoms with Gasteiger partial charge in [-0.05, 0) is 45.0 Å². The summed E-state index contributed by atoms with van der Waals surface area (Å²) in [5.41, 5.74) is 2.05. The van der Waals surface area contributed by atoms with Crippen molar-refractivity contribution in [2.75, 3.05) is 26.3 Å². The van der Waals surface area contributed by atoms with E-state index in [0.717, 1.165) is 17.0 Å². The maximum atomic E-state index is 12.2. The molecule has 8 nitrogen and oxygen atoms in total. The highest BCUT2D eigenvalue weighted by molar-refractivity contribution is 5.91. The molecule has 0 aliphatic carbocycles. The summed E-state index contributed by atoms with van der Waals surface area (Å²) < 4.78 is 21.3. The van der Waals surface area contributed by atoms with Gasteiger partial charge in [0.05, 0.1) is 29.5 Å². The third-order valence-corrected chi connectivity index (χ3v) is 4.57. The number of nitrogens with zero attached hydrogens (tertiary/aromatic N) is 2. The molecule has 28 heavy (non-hydrogen) atoms. The van der Waals surface area contributed by atoms with Crippen molar-refractivity contribution in [3.05, 3.63) is 46.8 Å². The van der Waals surface area contributed by atoms with Crippen molar-refractivity contribution in [2.45, 2.75) is 33.5 Å². The fourth-order valence-electron chi connectivity index (χ4n) is 2.90. The van der Waals surface area contributed by atoms with Crippen LogP contribution in [0.5, 0.6) is 5.75 Å². The number of aromatic nitrogens is 1. The molecule has 8 heteroatoms. The van der Waals surface area contributed by atoms with E-state index in [1.54, 1.807) is 29.2 Å². The van der Waals surface area contributed by atoms with Gasteiger partial charge in [-0.3, -0.25) is 4.79 Å². The van der Waals surface area contributed by atoms with Crippen molar-refractivity contribution in [1.82, 2.24) is 10.1 Å². The zero-order valence-corrected chi connectivity index (χ0v) is 16.3. The highest BCUT2D eigenvalue weighted by atomic mass is 16.5. The molecule has 1 fully saturated rings. The van der Waals surface area contributed by atoms with Crippen molar-refractivity contribution in [3.63, 3.8) is 0 Å². The highest BCUT2D eigenvalue weighted by Crippen LogP contribution is 2.18. The van der Waals surface area contributed by atoms with Crippen molar-refractivity contribution in [2.24, 2.45) is 0 Å². The van der Waals surface area contributed by atoms with Crippen LogP contribution in [0, 0.1) is 13.8 Å². The van der Waals surface area contributed by atoms with E-state index in [0.29, 0.717) is 37.6 Å². The topological polar surface area (TPSA) is 91.1 Å². The molecule has 1 aromatic carbocycles. The number of amides is 1. The van der Waals surface area contributed by atoms with E-state index in [-0.39, 0.29) is 18.6 Å². The smallest absolute Gasteiger partial charge is 0.338 e. The van der Waals surface area contributed by atoms with E-state index in [1.165, 1.54) is 0 Å². The van der Waals surface area contributed by atoms with Crippen LogP contribution in [0.3, 0.4) is 0 Å². The number of esters is 1. The number of ether oxygens (including phenoxy) is 3. The number of hydrogen-bond donors (Lipinski definition) is 0. The molecule has 3 rings (SSSR count). The van der Waals surface area contributed by atoms with Gasteiger partial charge in [-0.25, -0.2) is 4.79 Å². The summed E-state index contributed by atoms with van der Waals surface area (Å²) in [5, 5.41) is 3.88. The Bertz CT molecular complexity index is 810. The molecule has 0 saturated carbocycles. The van der Waals surface area contributed by atoms with Gasteiger partial charge in [-0.15, -0.1) is 0 Å². The molecule has 0 radical (unpaired) electrons. The van der Waals surface area contributed by atoms with Gasteiger partial charge in [-0.2, -0.15) is 0 Å². The van der Waals surface area contributed by atoms with Crippen LogP contribution in [-0.4, -0.2) is 54.3 Å². The maximum absolute atomic E-state index is 12.2. The van der Waals surface area contributed by atoms with E-state index >= 15 is 0 Å². The molecule has 150 valence electrons. The van der Waals surface area contributed by atoms with Crippen molar-refractivity contribution in [3.8, 4) is 5.75 Å². The number of benzene rings is 1. The Morgan fingerprint density at radius 1 is 1.25 bits per heavy atom. The van der Waals surface area contributed by atoms with Crippen molar-refractivity contribution in [1.29, 1.82) is 0 Å². The molecule has 1 amide bonds. The largest absolute Gasteiger partial charge is 0.489 e. The molecule has 1 aliphatic rings. The lowest BCUT2D eigenvalue weighted by atomic mass is 10.2. The summed E-state index contributed by atoms with van der Waals surface area (Å²) in [6.45, 7) is 7.15. The Morgan fingerprint density at radius 2 is 2.00 bits per heavy atom. The van der Waals surface area contributed by atoms with Gasteiger partial charge in [0, 0.05) is 13.1 Å². The van der Waals surface area contributed by atoms with Crippen LogP contribution >= 0.6 is 0 Å². The Morgan fingerprint density at radius 3 is 2.64 bits per heavy atom. The van der Waals surface area contributed by atoms with Crippen LogP contribution in [-0.2, 0) is 20.9 Å². The average molecular weight is 388 g/mol. The zero-order chi connectivity index (χ0) is 20.1. The minimum absolute atomic E-state index is 0.00801. The van der Waals surface area contributed by atoms with E-state index in [1.807, 2.05) is 20.8 Å². The third kappa shape index (κ3) is 4.89. The molecule has 0 bridgehead atoms. The predicted octanol–water partition coefficient (Wildman–Crippen LogP) is 2.27. The summed E-state index contributed by atoms with van der Waals surface area (Å²) in [6, 6.07) is 6.57. The van der Waals surface area contributed by atoms with Gasteiger partial charge < -0.3 is 23.6 Å². The number of hydrogen-bond acceptors (Lipinski definition) is 7. The van der Waals surface area contributed by atoms with Crippen LogP contribution in [0.1, 0.15) is 34.3 Å². The first-order valence-corrected chi connectivity index (χ1v) is 9.15. The second-order valence-electron chi connectivity index (χ2n) is 6.71. The van der Waals surface area contributed by atoms with Crippen LogP contribution < -0.4 is 4.74 Å². The van der Waals surface area contributed by atoms with Gasteiger partial charge in [0.1, 0.15) is 18.1 Å². The molecule has 2 aromatic rings. The molecule has 0 spiro atoms. The normalized spacial score (nSPS) is 16.7. The Hall–Kier alpha value is -2.87. The number of aryl methyl sites for hydroxylation is 2. The van der Waals surface area contributed by atoms with E-state index < -0.39 is 5.97 Å². The fraction of sp³-hybridized carbons (Fsp3) is 0.450. The fourth-order valence-corrected chi connectivity index (χ4v) is 2.90. The summed E-state index contributed by atoms with van der Waals surface area (Å²) >= 11 is 0. The number of rotatable bonds is 6. The Balaban J connectivity index is 1.48. The standard InChI is InChI=1S/C20H24N2O6/c1-13-10-22(8-9-25-13)19(23)12-27-20(24)16-4-6-17(7-5-16)26-11-18-14(2)21-28-15(18)3/h4-7,13H,8-12H2,1-3H3. The molecule has 1 aliphatic heterocycles. The zero-order valence-electron chi connectivity index (χ0n) is 16.3. The molecule has 1 unspecified atom stereocenters. The van der Waals surface area contributed by atoms with Gasteiger partial charge in [-0.1, -0.05) is 5.16 Å². The summed E-state index contributed by atoms with van der Waals surface area (Å²) in [5.74, 6) is 0.557. The van der Waals surface area contributed by atoms with Crippen molar-refractivity contribution < 1.29 is 28.3 Å². The monoisotopic (exact) mass is 388 g/mol. The third-order valence-electron chi connectivity index (χ3n) is 4.57. The minimum atomic E-state index is -0.549. The van der Waals surface area contributed by atoms with Crippen LogP contribution in [0.15, 0.2) is 28.8 Å². The number of morpholine rings is 1. The molecular weight excluding hydrogens is 364 g/mol. The van der Waals surface area contributed by atoms with E-state index in [4.69, 9.17) is 18.7 Å². The molecule has 1 atom stereocenters. The lowest BCUT2D eigenvalue weighted by Crippen LogP contribution is -2.46. The first-order valence-electron chi connectivity index (χ1n) is 9.15. The van der Waals surface area contributed by atoms with Gasteiger partial charge in [0.15, 0.2) is 6.61 Å². The quantitative estimate of drug-likeness (QED) is 0.701. The summed E-state index contributed by atoms with van der Waals surface area (Å²) in [6.07, 6.45) is -0.00801. The lowest BCUT2D eigenvalue weighted by molar-refractivity contribution is -0.141. The summed E-state index contributed by atoms with van der Waals surface area (Å²) in [7, 11) is 0. The summed E-state index contributed by atoms with van der Waals surface area (Å²) in [4.78, 5) is 26.0. The lowest BCUT2D eigenvalue weighted by Gasteiger charge is -2.30. The van der Waals surface area contributed by atoms with Gasteiger partial charge in [0.25, 0.3) is 5.91 Å². The molecular formula is C20H24N2O6. The first kappa shape index (κ1) is 19.9. The second-order valence-corrected chi connectivity index (χ2v) is 6.71. The molecule has 1 aromatic heterocycles. The van der Waals surface area contributed by atoms with Crippen LogP contribution in [0.25, 0.3) is 0 Å². The van der Waals surface area contributed by atoms with Crippen molar-refractivity contribution >= 4 is 11.9 Å². The highest BCUT2D eigenvalue weighted by Gasteiger charge is 2.22.